The molecule has 0 amide bonds. The van der Waals surface area contributed by atoms with Crippen molar-refractivity contribution >= 4 is 0 Å². The lowest BCUT2D eigenvalue weighted by Crippen LogP contribution is -1.93. The van der Waals surface area contributed by atoms with E-state index in [4.69, 9.17) is 5.11 Å². The molecule has 2 fully saturated rings. The second kappa shape index (κ2) is 3.01. The molecular formula is C12H18O. The summed E-state index contributed by atoms with van der Waals surface area (Å²) in [5, 5.41) is 9.12. The molecule has 2 saturated carbocycles. The van der Waals surface area contributed by atoms with E-state index in [1.165, 1.54) is 36.8 Å². The summed E-state index contributed by atoms with van der Waals surface area (Å²) in [6, 6.07) is 0. The first-order chi connectivity index (χ1) is 6.16. The van der Waals surface area contributed by atoms with Crippen LogP contribution >= 0.6 is 0 Å². The Hall–Kier alpha value is -0.520. The van der Waals surface area contributed by atoms with E-state index in [-0.39, 0.29) is 5.41 Å². The van der Waals surface area contributed by atoms with Gasteiger partial charge < -0.3 is 5.11 Å². The van der Waals surface area contributed by atoms with Gasteiger partial charge in [0.15, 0.2) is 0 Å². The third-order valence-electron chi connectivity index (χ3n) is 3.53. The molecule has 0 heterocycles. The molecule has 0 bridgehead atoms. The first kappa shape index (κ1) is 9.05. The van der Waals surface area contributed by atoms with Crippen molar-refractivity contribution in [3.8, 4) is 0 Å². The standard InChI is InChI=1S/C12H18O/c1-12(2)10(11(12)8-13)7-9-5-3-4-6-9/h11,13H,3-6,8H2,1-2H3. The fraction of sp³-hybridized carbons (Fsp3) is 0.750. The molecule has 0 aromatic rings. The van der Waals surface area contributed by atoms with E-state index in [0.29, 0.717) is 12.5 Å². The molecular weight excluding hydrogens is 160 g/mol. The van der Waals surface area contributed by atoms with Crippen LogP contribution < -0.4 is 0 Å². The predicted molar refractivity (Wildman–Crippen MR) is 53.4 cm³/mol. The Morgan fingerprint density at radius 1 is 1.38 bits per heavy atom. The fourth-order valence-electron chi connectivity index (χ4n) is 2.32. The fourth-order valence-corrected chi connectivity index (χ4v) is 2.32. The minimum Gasteiger partial charge on any atom is -0.396 e. The Kier molecular flexibility index (Phi) is 2.09. The van der Waals surface area contributed by atoms with Gasteiger partial charge in [-0.2, -0.15) is 0 Å². The summed E-state index contributed by atoms with van der Waals surface area (Å²) in [5.41, 5.74) is 6.58. The highest BCUT2D eigenvalue weighted by molar-refractivity contribution is 5.36. The maximum atomic E-state index is 9.12. The third-order valence-corrected chi connectivity index (χ3v) is 3.53. The molecule has 0 spiro atoms. The van der Waals surface area contributed by atoms with Crippen molar-refractivity contribution in [3.63, 3.8) is 0 Å². The van der Waals surface area contributed by atoms with Gasteiger partial charge in [-0.15, -0.1) is 5.73 Å². The molecule has 13 heavy (non-hydrogen) atoms. The average Bonchev–Trinajstić information content (AvgIpc) is 2.54. The SMILES string of the molecule is CC1(C)C(=C=C2CCCC2)C1CO. The van der Waals surface area contributed by atoms with Gasteiger partial charge in [-0.05, 0) is 36.8 Å². The van der Waals surface area contributed by atoms with Crippen molar-refractivity contribution in [2.24, 2.45) is 11.3 Å². The van der Waals surface area contributed by atoms with Crippen LogP contribution in [0.4, 0.5) is 0 Å². The highest BCUT2D eigenvalue weighted by Crippen LogP contribution is 2.57. The highest BCUT2D eigenvalue weighted by atomic mass is 16.3. The molecule has 2 aliphatic carbocycles. The quantitative estimate of drug-likeness (QED) is 0.612. The first-order valence-corrected chi connectivity index (χ1v) is 5.26. The van der Waals surface area contributed by atoms with Gasteiger partial charge in [0.1, 0.15) is 0 Å². The molecule has 72 valence electrons. The Balaban J connectivity index is 2.23. The molecule has 1 heteroatoms. The minimum absolute atomic E-state index is 0.227. The first-order valence-electron chi connectivity index (χ1n) is 5.26. The molecule has 0 aromatic heterocycles. The number of hydrogen-bond acceptors (Lipinski definition) is 1. The Labute approximate surface area is 80.2 Å². The second-order valence-corrected chi connectivity index (χ2v) is 4.81. The molecule has 0 aromatic carbocycles. The topological polar surface area (TPSA) is 20.2 Å². The van der Waals surface area contributed by atoms with Gasteiger partial charge in [-0.3, -0.25) is 0 Å². The maximum absolute atomic E-state index is 9.12. The van der Waals surface area contributed by atoms with Gasteiger partial charge in [0.25, 0.3) is 0 Å². The van der Waals surface area contributed by atoms with Gasteiger partial charge in [-0.25, -0.2) is 0 Å². The van der Waals surface area contributed by atoms with E-state index in [1.54, 1.807) is 0 Å². The molecule has 2 aliphatic rings. The Morgan fingerprint density at radius 3 is 2.46 bits per heavy atom. The van der Waals surface area contributed by atoms with Gasteiger partial charge >= 0.3 is 0 Å². The lowest BCUT2D eigenvalue weighted by molar-refractivity contribution is 0.259. The number of hydrogen-bond donors (Lipinski definition) is 1. The second-order valence-electron chi connectivity index (χ2n) is 4.81. The smallest absolute Gasteiger partial charge is 0.0511 e. The van der Waals surface area contributed by atoms with E-state index in [2.05, 4.69) is 19.6 Å². The van der Waals surface area contributed by atoms with Crippen molar-refractivity contribution in [1.82, 2.24) is 0 Å². The summed E-state index contributed by atoms with van der Waals surface area (Å²) in [6.07, 6.45) is 5.13. The van der Waals surface area contributed by atoms with Gasteiger partial charge in [0, 0.05) is 11.3 Å². The van der Waals surface area contributed by atoms with E-state index >= 15 is 0 Å². The zero-order valence-corrected chi connectivity index (χ0v) is 8.56. The molecule has 1 nitrogen and oxygen atoms in total. The normalized spacial score (nSPS) is 30.5. The van der Waals surface area contributed by atoms with Crippen LogP contribution in [-0.4, -0.2) is 11.7 Å². The van der Waals surface area contributed by atoms with Crippen LogP contribution in [0.1, 0.15) is 39.5 Å². The van der Waals surface area contributed by atoms with E-state index in [1.807, 2.05) is 0 Å². The summed E-state index contributed by atoms with van der Waals surface area (Å²) >= 11 is 0. The Morgan fingerprint density at radius 2 is 2.00 bits per heavy atom. The molecule has 0 saturated heterocycles. The zero-order chi connectivity index (χ0) is 9.47. The zero-order valence-electron chi connectivity index (χ0n) is 8.56. The van der Waals surface area contributed by atoms with Crippen LogP contribution in [0.3, 0.4) is 0 Å². The van der Waals surface area contributed by atoms with Crippen LogP contribution in [-0.2, 0) is 0 Å². The number of aliphatic hydroxyl groups is 1. The largest absolute Gasteiger partial charge is 0.396 e. The molecule has 0 radical (unpaired) electrons. The van der Waals surface area contributed by atoms with Crippen LogP contribution in [0.25, 0.3) is 0 Å². The summed E-state index contributed by atoms with van der Waals surface area (Å²) in [6.45, 7) is 4.69. The van der Waals surface area contributed by atoms with Crippen molar-refractivity contribution in [1.29, 1.82) is 0 Å². The number of aliphatic hydroxyl groups excluding tert-OH is 1. The van der Waals surface area contributed by atoms with Crippen LogP contribution in [0.5, 0.6) is 0 Å². The minimum atomic E-state index is 0.227. The van der Waals surface area contributed by atoms with Crippen LogP contribution in [0.15, 0.2) is 16.9 Å². The van der Waals surface area contributed by atoms with Gasteiger partial charge in [-0.1, -0.05) is 13.8 Å². The predicted octanol–water partition coefficient (Wildman–Crippen LogP) is 2.66. The monoisotopic (exact) mass is 178 g/mol. The third kappa shape index (κ3) is 1.47. The van der Waals surface area contributed by atoms with E-state index in [0.717, 1.165) is 0 Å². The molecule has 0 aliphatic heterocycles. The summed E-state index contributed by atoms with van der Waals surface area (Å²) in [4.78, 5) is 0. The van der Waals surface area contributed by atoms with E-state index in [9.17, 15) is 0 Å². The van der Waals surface area contributed by atoms with Crippen molar-refractivity contribution in [2.75, 3.05) is 6.61 Å². The highest BCUT2D eigenvalue weighted by Gasteiger charge is 2.51. The lowest BCUT2D eigenvalue weighted by Gasteiger charge is -1.94. The van der Waals surface area contributed by atoms with Crippen LogP contribution in [0.2, 0.25) is 0 Å². The van der Waals surface area contributed by atoms with Gasteiger partial charge in [0.05, 0.1) is 6.61 Å². The summed E-state index contributed by atoms with van der Waals surface area (Å²) < 4.78 is 0. The molecule has 1 atom stereocenters. The molecule has 1 N–H and O–H groups in total. The molecule has 2 rings (SSSR count). The van der Waals surface area contributed by atoms with Crippen molar-refractivity contribution in [2.45, 2.75) is 39.5 Å². The van der Waals surface area contributed by atoms with Crippen molar-refractivity contribution in [3.05, 3.63) is 16.9 Å². The average molecular weight is 178 g/mol. The van der Waals surface area contributed by atoms with E-state index < -0.39 is 0 Å². The summed E-state index contributed by atoms with van der Waals surface area (Å²) in [5.74, 6) is 0.389. The maximum Gasteiger partial charge on any atom is 0.0511 e. The Bertz CT molecular complexity index is 271. The lowest BCUT2D eigenvalue weighted by atomic mass is 10.1. The molecule has 1 unspecified atom stereocenters. The van der Waals surface area contributed by atoms with Crippen LogP contribution in [0, 0.1) is 11.3 Å². The summed E-state index contributed by atoms with van der Waals surface area (Å²) in [7, 11) is 0. The van der Waals surface area contributed by atoms with Crippen molar-refractivity contribution < 1.29 is 5.11 Å². The number of rotatable bonds is 1. The van der Waals surface area contributed by atoms with Gasteiger partial charge in [0.2, 0.25) is 0 Å².